The zero-order valence-electron chi connectivity index (χ0n) is 13.7. The van der Waals surface area contributed by atoms with Gasteiger partial charge in [0, 0.05) is 4.90 Å². The largest absolute Gasteiger partial charge is 0.288 e. The smallest absolute Gasteiger partial charge is 0.199 e. The Labute approximate surface area is 146 Å². The molecule has 1 aliphatic rings. The van der Waals surface area contributed by atoms with E-state index in [1.165, 1.54) is 6.42 Å². The van der Waals surface area contributed by atoms with E-state index < -0.39 is 20.7 Å². The first-order chi connectivity index (χ1) is 11.6. The van der Waals surface area contributed by atoms with Gasteiger partial charge in [-0.25, -0.2) is 0 Å². The lowest BCUT2D eigenvalue weighted by molar-refractivity contribution is 0.598. The van der Waals surface area contributed by atoms with Crippen LogP contribution >= 0.6 is 0 Å². The van der Waals surface area contributed by atoms with Crippen LogP contribution in [0.5, 0.6) is 0 Å². The van der Waals surface area contributed by atoms with Crippen molar-refractivity contribution in [3.63, 3.8) is 0 Å². The number of hydrogen-bond acceptors (Lipinski definition) is 2. The van der Waals surface area contributed by atoms with E-state index in [-0.39, 0.29) is 4.90 Å². The Morgan fingerprint density at radius 2 is 1.67 bits per heavy atom. The van der Waals surface area contributed by atoms with Crippen LogP contribution in [0.15, 0.2) is 79.1 Å². The molecule has 2 aromatic carbocycles. The highest BCUT2D eigenvalue weighted by Gasteiger charge is 2.18. The van der Waals surface area contributed by atoms with E-state index in [2.05, 4.69) is 9.84 Å². The average molecular weight is 360 g/mol. The number of sulfonamides is 1. The molecule has 1 atom stereocenters. The summed E-state index contributed by atoms with van der Waals surface area (Å²) < 4.78 is 29.9. The van der Waals surface area contributed by atoms with Gasteiger partial charge in [0.15, 0.2) is 0 Å². The number of rotatable bonds is 4. The molecule has 0 N–H and O–H groups in total. The highest BCUT2D eigenvalue weighted by atomic mass is 32.3. The Kier molecular flexibility index (Phi) is 5.31. The molecule has 0 aromatic heterocycles. The third kappa shape index (κ3) is 4.02. The molecule has 126 valence electrons. The molecule has 2 aromatic rings. The van der Waals surface area contributed by atoms with Crippen LogP contribution in [0, 0.1) is 6.92 Å². The topological polar surface area (TPSA) is 46.5 Å². The number of allylic oxidation sites excluding steroid dienone is 2. The van der Waals surface area contributed by atoms with Crippen molar-refractivity contribution in [1.29, 1.82) is 0 Å². The van der Waals surface area contributed by atoms with Crippen molar-refractivity contribution in [2.75, 3.05) is 0 Å². The van der Waals surface area contributed by atoms with Crippen molar-refractivity contribution in [2.24, 2.45) is 3.77 Å². The summed E-state index contributed by atoms with van der Waals surface area (Å²) in [7, 11) is -4.43. The predicted octanol–water partition coefficient (Wildman–Crippen LogP) is 5.00. The van der Waals surface area contributed by atoms with Crippen molar-refractivity contribution in [3.8, 4) is 0 Å². The summed E-state index contributed by atoms with van der Waals surface area (Å²) in [6, 6.07) is 16.6. The van der Waals surface area contributed by atoms with Crippen LogP contribution in [0.2, 0.25) is 0 Å². The maximum atomic E-state index is 12.8. The van der Waals surface area contributed by atoms with Gasteiger partial charge < -0.3 is 0 Å². The van der Waals surface area contributed by atoms with E-state index in [0.717, 1.165) is 34.6 Å². The van der Waals surface area contributed by atoms with Crippen molar-refractivity contribution in [2.45, 2.75) is 42.4 Å². The van der Waals surface area contributed by atoms with E-state index in [0.29, 0.717) is 0 Å². The zero-order valence-corrected chi connectivity index (χ0v) is 15.3. The van der Waals surface area contributed by atoms with Gasteiger partial charge in [0.05, 0.1) is 4.90 Å². The first-order valence-corrected chi connectivity index (χ1v) is 10.7. The third-order valence-electron chi connectivity index (χ3n) is 3.96. The minimum Gasteiger partial charge on any atom is -0.199 e. The minimum atomic E-state index is -3.68. The summed E-state index contributed by atoms with van der Waals surface area (Å²) in [5.74, 6) is 0. The molecule has 5 heteroatoms. The first-order valence-electron chi connectivity index (χ1n) is 8.09. The Morgan fingerprint density at radius 1 is 0.958 bits per heavy atom. The second-order valence-corrected chi connectivity index (χ2v) is 9.46. The molecule has 0 radical (unpaired) electrons. The lowest BCUT2D eigenvalue weighted by atomic mass is 10.1. The molecule has 0 bridgehead atoms. The maximum absolute atomic E-state index is 12.8. The molecule has 0 heterocycles. The lowest BCUT2D eigenvalue weighted by Gasteiger charge is -2.16. The van der Waals surface area contributed by atoms with Gasteiger partial charge in [-0.2, -0.15) is 8.42 Å². The average Bonchev–Trinajstić information content (AvgIpc) is 2.62. The maximum Gasteiger partial charge on any atom is 0.288 e. The van der Waals surface area contributed by atoms with E-state index in [1.54, 1.807) is 12.1 Å². The Morgan fingerprint density at radius 3 is 2.29 bits per heavy atom. The van der Waals surface area contributed by atoms with Crippen LogP contribution in [-0.4, -0.2) is 8.42 Å². The summed E-state index contributed by atoms with van der Waals surface area (Å²) in [5, 5.41) is 0. The fourth-order valence-corrected chi connectivity index (χ4v) is 6.29. The molecule has 1 unspecified atom stereocenters. The van der Waals surface area contributed by atoms with Gasteiger partial charge in [0.1, 0.15) is 0 Å². The van der Waals surface area contributed by atoms with Gasteiger partial charge in [-0.1, -0.05) is 42.0 Å². The van der Waals surface area contributed by atoms with Gasteiger partial charge >= 0.3 is 0 Å². The fraction of sp³-hybridized carbons (Fsp3) is 0.263. The van der Waals surface area contributed by atoms with Gasteiger partial charge in [-0.3, -0.25) is 0 Å². The second kappa shape index (κ2) is 7.45. The summed E-state index contributed by atoms with van der Waals surface area (Å²) >= 11 is 0. The Bertz CT molecular complexity index is 867. The highest BCUT2D eigenvalue weighted by molar-refractivity contribution is 8.02. The SMILES string of the molecule is Cc1ccc(S(=O)(=O)N=S(C2=CCCCC2)c2ccccc2)cc1. The molecule has 0 aliphatic heterocycles. The van der Waals surface area contributed by atoms with Crippen molar-refractivity contribution in [3.05, 3.63) is 71.1 Å². The van der Waals surface area contributed by atoms with Crippen LogP contribution < -0.4 is 0 Å². The summed E-state index contributed by atoms with van der Waals surface area (Å²) in [4.78, 5) is 2.36. The number of hydrogen-bond donors (Lipinski definition) is 0. The third-order valence-corrected chi connectivity index (χ3v) is 7.79. The molecule has 0 fully saturated rings. The van der Waals surface area contributed by atoms with Gasteiger partial charge in [-0.05, 0) is 72.5 Å². The molecular formula is C19H21NO2S2. The molecule has 24 heavy (non-hydrogen) atoms. The van der Waals surface area contributed by atoms with E-state index >= 15 is 0 Å². The van der Waals surface area contributed by atoms with Crippen LogP contribution in [0.1, 0.15) is 31.2 Å². The molecule has 0 saturated carbocycles. The van der Waals surface area contributed by atoms with E-state index in [1.807, 2.05) is 49.4 Å². The van der Waals surface area contributed by atoms with Crippen molar-refractivity contribution >= 4 is 20.7 Å². The van der Waals surface area contributed by atoms with Crippen LogP contribution in [0.25, 0.3) is 0 Å². The number of nitrogens with zero attached hydrogens (tertiary/aromatic N) is 1. The Hall–Kier alpha value is -1.72. The lowest BCUT2D eigenvalue weighted by Crippen LogP contribution is -2.05. The van der Waals surface area contributed by atoms with Crippen LogP contribution in [0.3, 0.4) is 0 Å². The van der Waals surface area contributed by atoms with Crippen molar-refractivity contribution in [1.82, 2.24) is 0 Å². The van der Waals surface area contributed by atoms with Gasteiger partial charge in [-0.15, -0.1) is 3.77 Å². The van der Waals surface area contributed by atoms with Gasteiger partial charge in [0.25, 0.3) is 10.0 Å². The predicted molar refractivity (Wildman–Crippen MR) is 99.4 cm³/mol. The molecule has 1 aliphatic carbocycles. The van der Waals surface area contributed by atoms with Gasteiger partial charge in [0.2, 0.25) is 0 Å². The first kappa shape index (κ1) is 17.1. The molecule has 3 rings (SSSR count). The summed E-state index contributed by atoms with van der Waals surface area (Å²) in [6.45, 7) is 1.94. The normalized spacial score (nSPS) is 16.6. The summed E-state index contributed by atoms with van der Waals surface area (Å²) in [5.41, 5.74) is 1.03. The quantitative estimate of drug-likeness (QED) is 0.771. The Balaban J connectivity index is 2.09. The second-order valence-electron chi connectivity index (χ2n) is 5.88. The minimum absolute atomic E-state index is 0.262. The molecule has 0 saturated heterocycles. The standard InChI is InChI=1S/C19H21NO2S2/c1-16-12-14-19(15-13-16)24(21,22)20-23(17-8-4-2-5-9-17)18-10-6-3-7-11-18/h2,4-5,8-10,12-15H,3,6-7,11H2,1H3. The van der Waals surface area contributed by atoms with Crippen LogP contribution in [0.4, 0.5) is 0 Å². The van der Waals surface area contributed by atoms with Crippen LogP contribution in [-0.2, 0) is 20.7 Å². The number of benzene rings is 2. The fourth-order valence-electron chi connectivity index (χ4n) is 2.63. The monoisotopic (exact) mass is 359 g/mol. The van der Waals surface area contributed by atoms with Crippen molar-refractivity contribution < 1.29 is 8.42 Å². The zero-order chi connectivity index (χ0) is 17.0. The molecule has 0 spiro atoms. The highest BCUT2D eigenvalue weighted by Crippen LogP contribution is 2.28. The summed E-state index contributed by atoms with van der Waals surface area (Å²) in [6.07, 6.45) is 6.37. The van der Waals surface area contributed by atoms with E-state index in [9.17, 15) is 8.42 Å². The molecular weight excluding hydrogens is 338 g/mol. The molecule has 3 nitrogen and oxygen atoms in total. The number of aryl methyl sites for hydroxylation is 1. The molecule has 0 amide bonds. The van der Waals surface area contributed by atoms with E-state index in [4.69, 9.17) is 0 Å².